The number of urea groups is 1. The molecule has 0 spiro atoms. The fourth-order valence-electron chi connectivity index (χ4n) is 2.42. The summed E-state index contributed by atoms with van der Waals surface area (Å²) < 4.78 is 4.96. The van der Waals surface area contributed by atoms with Crippen LogP contribution in [0.15, 0.2) is 53.1 Å². The van der Waals surface area contributed by atoms with Gasteiger partial charge in [-0.3, -0.25) is 4.79 Å². The molecule has 0 radical (unpaired) electrons. The summed E-state index contributed by atoms with van der Waals surface area (Å²) in [6, 6.07) is 14.0. The van der Waals surface area contributed by atoms with E-state index in [1.807, 2.05) is 31.2 Å². The summed E-state index contributed by atoms with van der Waals surface area (Å²) in [5.41, 5.74) is 2.98. The molecule has 3 aromatic rings. The van der Waals surface area contributed by atoms with Crippen molar-refractivity contribution in [3.8, 4) is 11.4 Å². The second-order valence-electron chi connectivity index (χ2n) is 5.94. The number of aromatic nitrogens is 2. The van der Waals surface area contributed by atoms with E-state index in [1.165, 1.54) is 0 Å². The average molecular weight is 365 g/mol. The van der Waals surface area contributed by atoms with Gasteiger partial charge >= 0.3 is 6.03 Å². The number of hydrogen-bond donors (Lipinski definition) is 3. The summed E-state index contributed by atoms with van der Waals surface area (Å²) in [5.74, 6) is 0.554. The third kappa shape index (κ3) is 5.15. The van der Waals surface area contributed by atoms with Crippen molar-refractivity contribution in [2.45, 2.75) is 13.8 Å². The Morgan fingerprint density at radius 1 is 1.00 bits per heavy atom. The van der Waals surface area contributed by atoms with E-state index in [9.17, 15) is 9.59 Å². The van der Waals surface area contributed by atoms with Gasteiger partial charge < -0.3 is 20.5 Å². The van der Waals surface area contributed by atoms with E-state index >= 15 is 0 Å². The first-order valence-electron chi connectivity index (χ1n) is 8.32. The fourth-order valence-corrected chi connectivity index (χ4v) is 2.42. The number of nitrogens with zero attached hydrogens (tertiary/aromatic N) is 2. The van der Waals surface area contributed by atoms with E-state index in [4.69, 9.17) is 4.52 Å². The van der Waals surface area contributed by atoms with Gasteiger partial charge in [0.2, 0.25) is 17.6 Å². The van der Waals surface area contributed by atoms with E-state index in [2.05, 4.69) is 26.1 Å². The zero-order chi connectivity index (χ0) is 19.2. The van der Waals surface area contributed by atoms with Crippen LogP contribution >= 0.6 is 0 Å². The molecule has 8 nitrogen and oxygen atoms in total. The van der Waals surface area contributed by atoms with Crippen molar-refractivity contribution in [1.29, 1.82) is 0 Å². The lowest BCUT2D eigenvalue weighted by Gasteiger charge is -2.09. The van der Waals surface area contributed by atoms with Crippen LogP contribution in [0.4, 0.5) is 16.2 Å². The molecule has 138 valence electrons. The van der Waals surface area contributed by atoms with Gasteiger partial charge in [-0.2, -0.15) is 4.98 Å². The molecule has 2 aromatic carbocycles. The first-order valence-corrected chi connectivity index (χ1v) is 8.32. The minimum absolute atomic E-state index is 0.163. The van der Waals surface area contributed by atoms with Crippen LogP contribution in [-0.2, 0) is 4.79 Å². The minimum atomic E-state index is -0.452. The molecular formula is C19H19N5O3. The molecule has 8 heteroatoms. The van der Waals surface area contributed by atoms with E-state index in [0.29, 0.717) is 23.1 Å². The zero-order valence-corrected chi connectivity index (χ0v) is 14.9. The minimum Gasteiger partial charge on any atom is -0.339 e. The standard InChI is InChI=1S/C19H19N5O3/c1-12-5-3-7-15(9-12)23-19(26)20-11-17(25)22-16-8-4-6-14(10-16)18-21-13(2)27-24-18/h3-10H,11H2,1-2H3,(H,22,25)(H2,20,23,26). The monoisotopic (exact) mass is 365 g/mol. The lowest BCUT2D eigenvalue weighted by atomic mass is 10.2. The van der Waals surface area contributed by atoms with Crippen LogP contribution in [0.1, 0.15) is 11.5 Å². The molecule has 0 saturated heterocycles. The van der Waals surface area contributed by atoms with E-state index < -0.39 is 6.03 Å². The van der Waals surface area contributed by atoms with Crippen molar-refractivity contribution >= 4 is 23.3 Å². The topological polar surface area (TPSA) is 109 Å². The molecule has 0 saturated carbocycles. The number of amides is 3. The average Bonchev–Trinajstić information content (AvgIpc) is 3.07. The van der Waals surface area contributed by atoms with Crippen LogP contribution in [0.5, 0.6) is 0 Å². The summed E-state index contributed by atoms with van der Waals surface area (Å²) in [6.45, 7) is 3.47. The molecule has 1 aromatic heterocycles. The lowest BCUT2D eigenvalue weighted by molar-refractivity contribution is -0.115. The van der Waals surface area contributed by atoms with Crippen molar-refractivity contribution in [3.63, 3.8) is 0 Å². The second kappa shape index (κ2) is 8.13. The third-order valence-electron chi connectivity index (χ3n) is 3.62. The van der Waals surface area contributed by atoms with Crippen LogP contribution in [0.3, 0.4) is 0 Å². The number of carbonyl (C=O) groups excluding carboxylic acids is 2. The number of hydrogen-bond acceptors (Lipinski definition) is 5. The van der Waals surface area contributed by atoms with Crippen LogP contribution in [-0.4, -0.2) is 28.6 Å². The van der Waals surface area contributed by atoms with Gasteiger partial charge in [-0.25, -0.2) is 4.79 Å². The van der Waals surface area contributed by atoms with Crippen molar-refractivity contribution in [2.24, 2.45) is 0 Å². The molecule has 0 aliphatic heterocycles. The SMILES string of the molecule is Cc1cccc(NC(=O)NCC(=O)Nc2cccc(-c3noc(C)n3)c2)c1. The highest BCUT2D eigenvalue weighted by molar-refractivity contribution is 5.97. The number of rotatable bonds is 5. The normalized spacial score (nSPS) is 10.3. The largest absolute Gasteiger partial charge is 0.339 e. The highest BCUT2D eigenvalue weighted by Gasteiger charge is 2.09. The molecular weight excluding hydrogens is 346 g/mol. The van der Waals surface area contributed by atoms with Gasteiger partial charge in [-0.05, 0) is 36.8 Å². The maximum atomic E-state index is 12.1. The Morgan fingerprint density at radius 2 is 1.74 bits per heavy atom. The Kier molecular flexibility index (Phi) is 5.46. The highest BCUT2D eigenvalue weighted by atomic mass is 16.5. The van der Waals surface area contributed by atoms with Gasteiger partial charge in [0, 0.05) is 23.9 Å². The molecule has 3 rings (SSSR count). The molecule has 1 heterocycles. The predicted molar refractivity (Wildman–Crippen MR) is 101 cm³/mol. The lowest BCUT2D eigenvalue weighted by Crippen LogP contribution is -2.35. The second-order valence-corrected chi connectivity index (χ2v) is 5.94. The van der Waals surface area contributed by atoms with Crippen molar-refractivity contribution < 1.29 is 14.1 Å². The maximum absolute atomic E-state index is 12.1. The molecule has 27 heavy (non-hydrogen) atoms. The summed E-state index contributed by atoms with van der Waals surface area (Å²) in [5, 5.41) is 11.8. The number of benzene rings is 2. The Morgan fingerprint density at radius 3 is 2.44 bits per heavy atom. The van der Waals surface area contributed by atoms with Gasteiger partial charge in [0.1, 0.15) is 0 Å². The summed E-state index contributed by atoms with van der Waals surface area (Å²) in [4.78, 5) is 28.1. The Bertz CT molecular complexity index is 967. The number of nitrogens with one attached hydrogen (secondary N) is 3. The van der Waals surface area contributed by atoms with Crippen LogP contribution in [0.2, 0.25) is 0 Å². The predicted octanol–water partition coefficient (Wildman–Crippen LogP) is 3.11. The molecule has 0 aliphatic carbocycles. The first kappa shape index (κ1) is 18.1. The number of anilines is 2. The van der Waals surface area contributed by atoms with E-state index in [1.54, 1.807) is 31.2 Å². The molecule has 0 atom stereocenters. The van der Waals surface area contributed by atoms with Gasteiger partial charge in [0.25, 0.3) is 0 Å². The molecule has 0 fully saturated rings. The molecule has 0 bridgehead atoms. The molecule has 0 unspecified atom stereocenters. The third-order valence-corrected chi connectivity index (χ3v) is 3.62. The summed E-state index contributed by atoms with van der Waals surface area (Å²) in [7, 11) is 0. The molecule has 0 aliphatic rings. The molecule has 3 N–H and O–H groups in total. The van der Waals surface area contributed by atoms with Gasteiger partial charge in [0.05, 0.1) is 6.54 Å². The van der Waals surface area contributed by atoms with E-state index in [0.717, 1.165) is 11.1 Å². The highest BCUT2D eigenvalue weighted by Crippen LogP contribution is 2.19. The van der Waals surface area contributed by atoms with Gasteiger partial charge in [0.15, 0.2) is 0 Å². The number of carbonyl (C=O) groups is 2. The Hall–Kier alpha value is -3.68. The number of aryl methyl sites for hydroxylation is 2. The maximum Gasteiger partial charge on any atom is 0.319 e. The van der Waals surface area contributed by atoms with Crippen molar-refractivity contribution in [2.75, 3.05) is 17.2 Å². The van der Waals surface area contributed by atoms with Crippen molar-refractivity contribution in [3.05, 3.63) is 60.0 Å². The van der Waals surface area contributed by atoms with Crippen molar-refractivity contribution in [1.82, 2.24) is 15.5 Å². The molecule has 3 amide bonds. The van der Waals surface area contributed by atoms with Gasteiger partial charge in [-0.1, -0.05) is 29.4 Å². The van der Waals surface area contributed by atoms with Crippen LogP contribution in [0, 0.1) is 13.8 Å². The summed E-state index contributed by atoms with van der Waals surface area (Å²) >= 11 is 0. The first-order chi connectivity index (χ1) is 13.0. The fraction of sp³-hybridized carbons (Fsp3) is 0.158. The quantitative estimate of drug-likeness (QED) is 0.644. The summed E-state index contributed by atoms with van der Waals surface area (Å²) in [6.07, 6.45) is 0. The van der Waals surface area contributed by atoms with Crippen LogP contribution < -0.4 is 16.0 Å². The Labute approximate surface area is 156 Å². The van der Waals surface area contributed by atoms with Gasteiger partial charge in [-0.15, -0.1) is 0 Å². The zero-order valence-electron chi connectivity index (χ0n) is 14.9. The Balaban J connectivity index is 1.52. The smallest absolute Gasteiger partial charge is 0.319 e. The van der Waals surface area contributed by atoms with Crippen LogP contribution in [0.25, 0.3) is 11.4 Å². The van der Waals surface area contributed by atoms with E-state index in [-0.39, 0.29) is 12.5 Å².